The summed E-state index contributed by atoms with van der Waals surface area (Å²) < 4.78 is 42.6. The number of imide groups is 1. The Labute approximate surface area is 158 Å². The maximum atomic E-state index is 12.5. The quantitative estimate of drug-likeness (QED) is 0.425. The molecule has 0 fully saturated rings. The molecule has 0 atom stereocenters. The van der Waals surface area contributed by atoms with Crippen LogP contribution in [0.4, 0.5) is 13.2 Å². The molecule has 0 saturated carbocycles. The average Bonchev–Trinajstić information content (AvgIpc) is 2.92. The number of amides is 2. The summed E-state index contributed by atoms with van der Waals surface area (Å²) in [6, 6.07) is 10.3. The van der Waals surface area contributed by atoms with Gasteiger partial charge in [-0.15, -0.1) is 0 Å². The molecule has 0 N–H and O–H groups in total. The Morgan fingerprint density at radius 1 is 0.893 bits per heavy atom. The smallest absolute Gasteiger partial charge is 0.416 e. The van der Waals surface area contributed by atoms with Gasteiger partial charge in [-0.05, 0) is 49.2 Å². The lowest BCUT2D eigenvalue weighted by Gasteiger charge is -2.13. The van der Waals surface area contributed by atoms with Crippen LogP contribution in [0.2, 0.25) is 0 Å². The minimum absolute atomic E-state index is 0.0216. The molecule has 28 heavy (non-hydrogen) atoms. The first-order chi connectivity index (χ1) is 13.3. The SMILES string of the molecule is O=C(OCCCCN1C(=O)c2ccccc2C1=O)c1ccc(C(F)(F)F)cc1. The van der Waals surface area contributed by atoms with Crippen molar-refractivity contribution in [3.05, 3.63) is 70.8 Å². The van der Waals surface area contributed by atoms with Crippen LogP contribution in [0, 0.1) is 0 Å². The fraction of sp³-hybridized carbons (Fsp3) is 0.250. The van der Waals surface area contributed by atoms with Crippen LogP contribution >= 0.6 is 0 Å². The number of carbonyl (C=O) groups excluding carboxylic acids is 3. The molecule has 1 heterocycles. The Morgan fingerprint density at radius 2 is 1.46 bits per heavy atom. The Balaban J connectivity index is 1.44. The molecule has 0 saturated heterocycles. The van der Waals surface area contributed by atoms with Gasteiger partial charge in [0.05, 0.1) is 28.9 Å². The average molecular weight is 391 g/mol. The van der Waals surface area contributed by atoms with E-state index in [1.54, 1.807) is 24.3 Å². The minimum atomic E-state index is -4.47. The van der Waals surface area contributed by atoms with Gasteiger partial charge in [0.2, 0.25) is 0 Å². The van der Waals surface area contributed by atoms with Gasteiger partial charge in [-0.1, -0.05) is 12.1 Å². The number of fused-ring (bicyclic) bond motifs is 1. The third-order valence-corrected chi connectivity index (χ3v) is 4.34. The molecule has 1 aliphatic heterocycles. The monoisotopic (exact) mass is 391 g/mol. The van der Waals surface area contributed by atoms with Crippen LogP contribution in [0.15, 0.2) is 48.5 Å². The Morgan fingerprint density at radius 3 is 2.00 bits per heavy atom. The summed E-state index contributed by atoms with van der Waals surface area (Å²) in [7, 11) is 0. The van der Waals surface area contributed by atoms with Crippen molar-refractivity contribution in [3.63, 3.8) is 0 Å². The highest BCUT2D eigenvalue weighted by Gasteiger charge is 2.34. The molecule has 0 unspecified atom stereocenters. The highest BCUT2D eigenvalue weighted by molar-refractivity contribution is 6.21. The highest BCUT2D eigenvalue weighted by Crippen LogP contribution is 2.29. The van der Waals surface area contributed by atoms with Crippen molar-refractivity contribution >= 4 is 17.8 Å². The van der Waals surface area contributed by atoms with Crippen LogP contribution in [0.3, 0.4) is 0 Å². The number of ether oxygens (including phenoxy) is 1. The molecular formula is C20H16F3NO4. The van der Waals surface area contributed by atoms with E-state index >= 15 is 0 Å². The van der Waals surface area contributed by atoms with Gasteiger partial charge in [-0.2, -0.15) is 13.2 Å². The zero-order valence-electron chi connectivity index (χ0n) is 14.7. The summed E-state index contributed by atoms with van der Waals surface area (Å²) in [5.74, 6) is -1.42. The summed E-state index contributed by atoms with van der Waals surface area (Å²) in [5, 5.41) is 0. The van der Waals surface area contributed by atoms with E-state index in [1.807, 2.05) is 0 Å². The van der Waals surface area contributed by atoms with Crippen molar-refractivity contribution in [1.82, 2.24) is 4.90 Å². The number of nitrogens with zero attached hydrogens (tertiary/aromatic N) is 1. The maximum absolute atomic E-state index is 12.5. The first kappa shape index (κ1) is 19.6. The number of benzene rings is 2. The normalized spacial score (nSPS) is 13.6. The molecule has 5 nitrogen and oxygen atoms in total. The Kier molecular flexibility index (Phi) is 5.48. The van der Waals surface area contributed by atoms with Crippen molar-refractivity contribution in [2.24, 2.45) is 0 Å². The zero-order valence-corrected chi connectivity index (χ0v) is 14.7. The van der Waals surface area contributed by atoms with Gasteiger partial charge < -0.3 is 4.74 Å². The number of unbranched alkanes of at least 4 members (excludes halogenated alkanes) is 1. The lowest BCUT2D eigenvalue weighted by molar-refractivity contribution is -0.137. The molecule has 2 aromatic rings. The number of alkyl halides is 3. The maximum Gasteiger partial charge on any atom is 0.416 e. The summed E-state index contributed by atoms with van der Waals surface area (Å²) in [6.45, 7) is 0.229. The number of hydrogen-bond donors (Lipinski definition) is 0. The minimum Gasteiger partial charge on any atom is -0.462 e. The number of hydrogen-bond acceptors (Lipinski definition) is 4. The highest BCUT2D eigenvalue weighted by atomic mass is 19.4. The lowest BCUT2D eigenvalue weighted by Crippen LogP contribution is -2.30. The number of halogens is 3. The fourth-order valence-corrected chi connectivity index (χ4v) is 2.86. The summed E-state index contributed by atoms with van der Waals surface area (Å²) in [4.78, 5) is 37.4. The summed E-state index contributed by atoms with van der Waals surface area (Å²) >= 11 is 0. The van der Waals surface area contributed by atoms with Crippen molar-refractivity contribution in [1.29, 1.82) is 0 Å². The molecule has 8 heteroatoms. The zero-order chi connectivity index (χ0) is 20.3. The molecule has 0 aromatic heterocycles. The standard InChI is InChI=1S/C20H16F3NO4/c21-20(22,23)14-9-7-13(8-10-14)19(27)28-12-4-3-11-24-17(25)15-5-1-2-6-16(15)18(24)26/h1-2,5-10H,3-4,11-12H2. The predicted molar refractivity (Wildman–Crippen MR) is 92.8 cm³/mol. The topological polar surface area (TPSA) is 63.7 Å². The van der Waals surface area contributed by atoms with Gasteiger partial charge in [0.15, 0.2) is 0 Å². The fourth-order valence-electron chi connectivity index (χ4n) is 2.86. The molecule has 0 radical (unpaired) electrons. The van der Waals surface area contributed by atoms with Crippen LogP contribution in [-0.2, 0) is 10.9 Å². The molecule has 0 bridgehead atoms. The van der Waals surface area contributed by atoms with Gasteiger partial charge >= 0.3 is 12.1 Å². The lowest BCUT2D eigenvalue weighted by atomic mass is 10.1. The Bertz CT molecular complexity index is 871. The summed E-state index contributed by atoms with van der Waals surface area (Å²) in [6.07, 6.45) is -3.63. The van der Waals surface area contributed by atoms with E-state index in [0.717, 1.165) is 29.2 Å². The molecule has 2 aromatic carbocycles. The molecule has 0 aliphatic carbocycles. The van der Waals surface area contributed by atoms with E-state index in [4.69, 9.17) is 4.74 Å². The van der Waals surface area contributed by atoms with Crippen molar-refractivity contribution in [3.8, 4) is 0 Å². The first-order valence-corrected chi connectivity index (χ1v) is 8.58. The first-order valence-electron chi connectivity index (χ1n) is 8.58. The van der Waals surface area contributed by atoms with E-state index in [9.17, 15) is 27.6 Å². The molecule has 1 aliphatic rings. The van der Waals surface area contributed by atoms with Gasteiger partial charge in [-0.3, -0.25) is 14.5 Å². The Hall–Kier alpha value is -3.16. The third-order valence-electron chi connectivity index (χ3n) is 4.34. The van der Waals surface area contributed by atoms with Gasteiger partial charge in [0, 0.05) is 6.54 Å². The number of rotatable bonds is 6. The van der Waals surface area contributed by atoms with E-state index < -0.39 is 17.7 Å². The molecule has 3 rings (SSSR count). The third kappa shape index (κ3) is 4.05. The van der Waals surface area contributed by atoms with Crippen LogP contribution in [0.5, 0.6) is 0 Å². The van der Waals surface area contributed by atoms with E-state index in [2.05, 4.69) is 0 Å². The van der Waals surface area contributed by atoms with Gasteiger partial charge in [-0.25, -0.2) is 4.79 Å². The summed E-state index contributed by atoms with van der Waals surface area (Å²) in [5.41, 5.74) is -0.0687. The number of carbonyl (C=O) groups is 3. The second kappa shape index (κ2) is 7.84. The molecular weight excluding hydrogens is 375 g/mol. The van der Waals surface area contributed by atoms with Crippen molar-refractivity contribution in [2.75, 3.05) is 13.2 Å². The van der Waals surface area contributed by atoms with Gasteiger partial charge in [0.1, 0.15) is 0 Å². The van der Waals surface area contributed by atoms with Crippen molar-refractivity contribution < 1.29 is 32.3 Å². The van der Waals surface area contributed by atoms with Crippen molar-refractivity contribution in [2.45, 2.75) is 19.0 Å². The van der Waals surface area contributed by atoms with Crippen LogP contribution in [0.1, 0.15) is 49.5 Å². The second-order valence-corrected chi connectivity index (χ2v) is 6.23. The molecule has 146 valence electrons. The molecule has 0 spiro atoms. The van der Waals surface area contributed by atoms with E-state index in [-0.39, 0.29) is 30.5 Å². The van der Waals surface area contributed by atoms with E-state index in [1.165, 1.54) is 0 Å². The van der Waals surface area contributed by atoms with Crippen LogP contribution < -0.4 is 0 Å². The van der Waals surface area contributed by atoms with E-state index in [0.29, 0.717) is 24.0 Å². The molecule has 2 amide bonds. The second-order valence-electron chi connectivity index (χ2n) is 6.23. The number of esters is 1. The van der Waals surface area contributed by atoms with Crippen LogP contribution in [0.25, 0.3) is 0 Å². The van der Waals surface area contributed by atoms with Crippen LogP contribution in [-0.4, -0.2) is 35.8 Å². The predicted octanol–water partition coefficient (Wildman–Crippen LogP) is 3.94. The largest absolute Gasteiger partial charge is 0.462 e. The van der Waals surface area contributed by atoms with Gasteiger partial charge in [0.25, 0.3) is 11.8 Å².